The van der Waals surface area contributed by atoms with E-state index >= 15 is 0 Å². The molecule has 2 amide bonds. The van der Waals surface area contributed by atoms with Crippen LogP contribution in [-0.2, 0) is 0 Å². The van der Waals surface area contributed by atoms with E-state index in [1.165, 1.54) is 0 Å². The Hall–Kier alpha value is -3.34. The van der Waals surface area contributed by atoms with Crippen LogP contribution in [0.25, 0.3) is 10.8 Å². The average molecular weight is 416 g/mol. The first-order valence-corrected chi connectivity index (χ1v) is 11.1. The number of carbonyl (C=O) groups is 2. The van der Waals surface area contributed by atoms with E-state index in [1.54, 1.807) is 0 Å². The summed E-state index contributed by atoms with van der Waals surface area (Å²) in [4.78, 5) is 30.4. The average Bonchev–Trinajstić information content (AvgIpc) is 3.34. The maximum absolute atomic E-state index is 13.3. The minimum atomic E-state index is -0.174. The SMILES string of the molecule is CCN(CC)C(=O)c1cc(NC(=O)c2cccc3ccccc23)ccc1N1CCCC1. The minimum absolute atomic E-state index is 0.00756. The lowest BCUT2D eigenvalue weighted by Gasteiger charge is -2.25. The van der Waals surface area contributed by atoms with Crippen molar-refractivity contribution in [3.63, 3.8) is 0 Å². The Morgan fingerprint density at radius 2 is 1.61 bits per heavy atom. The fourth-order valence-electron chi connectivity index (χ4n) is 4.32. The van der Waals surface area contributed by atoms with Gasteiger partial charge in [-0.15, -0.1) is 0 Å². The molecule has 5 nitrogen and oxygen atoms in total. The molecule has 1 heterocycles. The van der Waals surface area contributed by atoms with Crippen LogP contribution in [0, 0.1) is 0 Å². The fourth-order valence-corrected chi connectivity index (χ4v) is 4.32. The Kier molecular flexibility index (Phi) is 6.21. The van der Waals surface area contributed by atoms with Gasteiger partial charge in [0, 0.05) is 43.1 Å². The van der Waals surface area contributed by atoms with E-state index in [-0.39, 0.29) is 11.8 Å². The second-order valence-corrected chi connectivity index (χ2v) is 7.88. The van der Waals surface area contributed by atoms with Gasteiger partial charge in [0.05, 0.1) is 5.56 Å². The zero-order valence-corrected chi connectivity index (χ0v) is 18.2. The molecule has 0 spiro atoms. The van der Waals surface area contributed by atoms with Crippen molar-refractivity contribution in [2.24, 2.45) is 0 Å². The maximum atomic E-state index is 13.3. The lowest BCUT2D eigenvalue weighted by atomic mass is 10.0. The molecule has 5 heteroatoms. The van der Waals surface area contributed by atoms with Crippen molar-refractivity contribution in [2.45, 2.75) is 26.7 Å². The molecule has 1 N–H and O–H groups in total. The normalized spacial score (nSPS) is 13.4. The molecule has 0 bridgehead atoms. The Labute approximate surface area is 183 Å². The van der Waals surface area contributed by atoms with E-state index in [0.717, 1.165) is 42.4 Å². The molecule has 0 radical (unpaired) electrons. The van der Waals surface area contributed by atoms with E-state index in [1.807, 2.05) is 79.4 Å². The van der Waals surface area contributed by atoms with Crippen molar-refractivity contribution < 1.29 is 9.59 Å². The number of carbonyl (C=O) groups excluding carboxylic acids is 2. The summed E-state index contributed by atoms with van der Waals surface area (Å²) in [7, 11) is 0. The summed E-state index contributed by atoms with van der Waals surface area (Å²) < 4.78 is 0. The van der Waals surface area contributed by atoms with Gasteiger partial charge in [-0.3, -0.25) is 9.59 Å². The molecule has 0 unspecified atom stereocenters. The van der Waals surface area contributed by atoms with Crippen LogP contribution in [0.4, 0.5) is 11.4 Å². The molecule has 0 aromatic heterocycles. The molecule has 3 aromatic rings. The summed E-state index contributed by atoms with van der Waals surface area (Å²) >= 11 is 0. The Bertz CT molecular complexity index is 1090. The van der Waals surface area contributed by atoms with E-state index in [2.05, 4.69) is 10.2 Å². The molecule has 1 fully saturated rings. The van der Waals surface area contributed by atoms with Crippen molar-refractivity contribution in [3.05, 3.63) is 71.8 Å². The van der Waals surface area contributed by atoms with Gasteiger partial charge in [-0.05, 0) is 61.7 Å². The van der Waals surface area contributed by atoms with Gasteiger partial charge in [-0.1, -0.05) is 36.4 Å². The second-order valence-electron chi connectivity index (χ2n) is 7.88. The highest BCUT2D eigenvalue weighted by atomic mass is 16.2. The molecule has 0 atom stereocenters. The lowest BCUT2D eigenvalue weighted by molar-refractivity contribution is 0.0773. The number of fused-ring (bicyclic) bond motifs is 1. The van der Waals surface area contributed by atoms with Crippen LogP contribution in [0.5, 0.6) is 0 Å². The minimum Gasteiger partial charge on any atom is -0.371 e. The first kappa shape index (κ1) is 20.9. The number of hydrogen-bond acceptors (Lipinski definition) is 3. The molecule has 3 aromatic carbocycles. The topological polar surface area (TPSA) is 52.7 Å². The number of nitrogens with zero attached hydrogens (tertiary/aromatic N) is 2. The Balaban J connectivity index is 1.67. The maximum Gasteiger partial charge on any atom is 0.256 e. The summed E-state index contributed by atoms with van der Waals surface area (Å²) in [6.45, 7) is 7.20. The van der Waals surface area contributed by atoms with Crippen LogP contribution in [0.2, 0.25) is 0 Å². The molecular formula is C26H29N3O2. The van der Waals surface area contributed by atoms with Gasteiger partial charge in [-0.25, -0.2) is 0 Å². The molecule has 160 valence electrons. The first-order chi connectivity index (χ1) is 15.1. The number of amides is 2. The zero-order chi connectivity index (χ0) is 21.8. The van der Waals surface area contributed by atoms with Crippen molar-refractivity contribution in [2.75, 3.05) is 36.4 Å². The molecule has 4 rings (SSSR count). The molecule has 1 aliphatic heterocycles. The van der Waals surface area contributed by atoms with Crippen LogP contribution >= 0.6 is 0 Å². The third-order valence-corrected chi connectivity index (χ3v) is 6.02. The Morgan fingerprint density at radius 3 is 2.35 bits per heavy atom. The number of benzene rings is 3. The summed E-state index contributed by atoms with van der Waals surface area (Å²) in [6.07, 6.45) is 2.27. The smallest absolute Gasteiger partial charge is 0.256 e. The molecule has 1 aliphatic rings. The van der Waals surface area contributed by atoms with Crippen molar-refractivity contribution in [1.82, 2.24) is 4.90 Å². The van der Waals surface area contributed by atoms with E-state index < -0.39 is 0 Å². The predicted molar refractivity (Wildman–Crippen MR) is 127 cm³/mol. The van der Waals surface area contributed by atoms with Crippen molar-refractivity contribution in [3.8, 4) is 0 Å². The summed E-state index contributed by atoms with van der Waals surface area (Å²) in [5.41, 5.74) is 2.87. The van der Waals surface area contributed by atoms with E-state index in [4.69, 9.17) is 0 Å². The van der Waals surface area contributed by atoms with Gasteiger partial charge >= 0.3 is 0 Å². The highest BCUT2D eigenvalue weighted by Crippen LogP contribution is 2.29. The van der Waals surface area contributed by atoms with E-state index in [0.29, 0.717) is 29.9 Å². The van der Waals surface area contributed by atoms with Crippen LogP contribution in [-0.4, -0.2) is 42.9 Å². The highest BCUT2D eigenvalue weighted by Gasteiger charge is 2.23. The predicted octanol–water partition coefficient (Wildman–Crippen LogP) is 5.17. The van der Waals surface area contributed by atoms with Crippen LogP contribution in [0.1, 0.15) is 47.4 Å². The van der Waals surface area contributed by atoms with Crippen LogP contribution in [0.3, 0.4) is 0 Å². The van der Waals surface area contributed by atoms with Gasteiger partial charge in [0.15, 0.2) is 0 Å². The standard InChI is InChI=1S/C26H29N3O2/c1-3-28(4-2)26(31)23-18-20(14-15-24(23)29-16-7-8-17-29)27-25(30)22-13-9-11-19-10-5-6-12-21(19)22/h5-6,9-15,18H,3-4,7-8,16-17H2,1-2H3,(H,27,30). The van der Waals surface area contributed by atoms with Gasteiger partial charge in [0.1, 0.15) is 0 Å². The van der Waals surface area contributed by atoms with Crippen molar-refractivity contribution in [1.29, 1.82) is 0 Å². The molecule has 31 heavy (non-hydrogen) atoms. The first-order valence-electron chi connectivity index (χ1n) is 11.1. The quantitative estimate of drug-likeness (QED) is 0.604. The lowest BCUT2D eigenvalue weighted by Crippen LogP contribution is -2.32. The van der Waals surface area contributed by atoms with E-state index in [9.17, 15) is 9.59 Å². The molecule has 0 aliphatic carbocycles. The third kappa shape index (κ3) is 4.26. The number of anilines is 2. The van der Waals surface area contributed by atoms with Crippen LogP contribution in [0.15, 0.2) is 60.7 Å². The van der Waals surface area contributed by atoms with Gasteiger partial charge in [0.25, 0.3) is 11.8 Å². The summed E-state index contributed by atoms with van der Waals surface area (Å²) in [5.74, 6) is -0.167. The highest BCUT2D eigenvalue weighted by molar-refractivity contribution is 6.13. The Morgan fingerprint density at radius 1 is 0.903 bits per heavy atom. The van der Waals surface area contributed by atoms with Gasteiger partial charge in [0.2, 0.25) is 0 Å². The summed E-state index contributed by atoms with van der Waals surface area (Å²) in [6, 6.07) is 19.3. The number of rotatable bonds is 6. The number of nitrogens with one attached hydrogen (secondary N) is 1. The molecule has 0 saturated carbocycles. The zero-order valence-electron chi connectivity index (χ0n) is 18.2. The van der Waals surface area contributed by atoms with Gasteiger partial charge in [-0.2, -0.15) is 0 Å². The largest absolute Gasteiger partial charge is 0.371 e. The van der Waals surface area contributed by atoms with Crippen LogP contribution < -0.4 is 10.2 Å². The monoisotopic (exact) mass is 415 g/mol. The van der Waals surface area contributed by atoms with Gasteiger partial charge < -0.3 is 15.1 Å². The summed E-state index contributed by atoms with van der Waals surface area (Å²) in [5, 5.41) is 4.95. The second kappa shape index (κ2) is 9.21. The molecular weight excluding hydrogens is 386 g/mol. The fraction of sp³-hybridized carbons (Fsp3) is 0.308. The van der Waals surface area contributed by atoms with Crippen molar-refractivity contribution >= 4 is 34.0 Å². The third-order valence-electron chi connectivity index (χ3n) is 6.02. The molecule has 1 saturated heterocycles. The number of hydrogen-bond donors (Lipinski definition) is 1.